The van der Waals surface area contributed by atoms with Gasteiger partial charge in [-0.05, 0) is 44.2 Å². The third-order valence-electron chi connectivity index (χ3n) is 4.01. The molecule has 1 heterocycles. The fourth-order valence-electron chi connectivity index (χ4n) is 2.84. The smallest absolute Gasteiger partial charge is 0.303 e. The monoisotopic (exact) mass is 290 g/mol. The average molecular weight is 290 g/mol. The van der Waals surface area contributed by atoms with Crippen LogP contribution < -0.4 is 5.73 Å². The number of hydrogen-bond acceptors (Lipinski definition) is 3. The van der Waals surface area contributed by atoms with Crippen molar-refractivity contribution in [3.05, 3.63) is 29.3 Å². The van der Waals surface area contributed by atoms with Crippen molar-refractivity contribution in [3.8, 4) is 0 Å². The summed E-state index contributed by atoms with van der Waals surface area (Å²) >= 11 is 0. The minimum absolute atomic E-state index is 0.0452. The van der Waals surface area contributed by atoms with Crippen LogP contribution in [0.1, 0.15) is 41.6 Å². The number of carboxylic acid groups (broad SMARTS) is 1. The van der Waals surface area contributed by atoms with Crippen LogP contribution in [-0.2, 0) is 4.79 Å². The van der Waals surface area contributed by atoms with Gasteiger partial charge in [0.05, 0.1) is 5.56 Å². The maximum Gasteiger partial charge on any atom is 0.303 e. The Morgan fingerprint density at radius 3 is 2.90 bits per heavy atom. The predicted molar refractivity (Wildman–Crippen MR) is 81.1 cm³/mol. The molecule has 0 aromatic heterocycles. The molecule has 1 aromatic rings. The zero-order valence-electron chi connectivity index (χ0n) is 12.3. The molecule has 0 saturated carbocycles. The Morgan fingerprint density at radius 1 is 1.43 bits per heavy atom. The summed E-state index contributed by atoms with van der Waals surface area (Å²) in [6.07, 6.45) is 2.70. The molecule has 0 aliphatic carbocycles. The molecule has 21 heavy (non-hydrogen) atoms. The van der Waals surface area contributed by atoms with E-state index < -0.39 is 5.97 Å². The molecule has 0 radical (unpaired) electrons. The largest absolute Gasteiger partial charge is 0.481 e. The van der Waals surface area contributed by atoms with Crippen molar-refractivity contribution >= 4 is 17.6 Å². The highest BCUT2D eigenvalue weighted by molar-refractivity contribution is 5.99. The lowest BCUT2D eigenvalue weighted by Gasteiger charge is -2.33. The van der Waals surface area contributed by atoms with Crippen LogP contribution in [0, 0.1) is 12.8 Å². The number of piperidine rings is 1. The second-order valence-corrected chi connectivity index (χ2v) is 5.78. The van der Waals surface area contributed by atoms with E-state index >= 15 is 0 Å². The Bertz CT molecular complexity index is 542. The Morgan fingerprint density at radius 2 is 2.19 bits per heavy atom. The zero-order chi connectivity index (χ0) is 15.4. The van der Waals surface area contributed by atoms with Gasteiger partial charge in [-0.15, -0.1) is 0 Å². The summed E-state index contributed by atoms with van der Waals surface area (Å²) in [5, 5.41) is 8.77. The highest BCUT2D eigenvalue weighted by atomic mass is 16.4. The lowest BCUT2D eigenvalue weighted by molar-refractivity contribution is -0.137. The van der Waals surface area contributed by atoms with Gasteiger partial charge < -0.3 is 15.7 Å². The van der Waals surface area contributed by atoms with Gasteiger partial charge in [0.2, 0.25) is 0 Å². The molecular weight excluding hydrogens is 268 g/mol. The molecule has 1 saturated heterocycles. The van der Waals surface area contributed by atoms with Gasteiger partial charge in [-0.3, -0.25) is 9.59 Å². The number of nitrogens with two attached hydrogens (primary N) is 1. The van der Waals surface area contributed by atoms with Gasteiger partial charge in [0.15, 0.2) is 0 Å². The number of nitrogen functional groups attached to an aromatic ring is 1. The number of carbonyl (C=O) groups is 2. The third kappa shape index (κ3) is 3.97. The highest BCUT2D eigenvalue weighted by Gasteiger charge is 2.25. The highest BCUT2D eigenvalue weighted by Crippen LogP contribution is 2.24. The topological polar surface area (TPSA) is 83.6 Å². The number of carboxylic acids is 1. The molecule has 1 aromatic carbocycles. The predicted octanol–water partition coefficient (Wildman–Crippen LogP) is 2.29. The van der Waals surface area contributed by atoms with E-state index in [4.69, 9.17) is 10.8 Å². The van der Waals surface area contributed by atoms with Crippen molar-refractivity contribution < 1.29 is 14.7 Å². The minimum atomic E-state index is -0.777. The van der Waals surface area contributed by atoms with Gasteiger partial charge in [-0.1, -0.05) is 11.6 Å². The summed E-state index contributed by atoms with van der Waals surface area (Å²) in [6, 6.07) is 5.46. The van der Waals surface area contributed by atoms with Crippen LogP contribution in [0.25, 0.3) is 0 Å². The van der Waals surface area contributed by atoms with Crippen molar-refractivity contribution in [1.82, 2.24) is 4.90 Å². The molecule has 1 amide bonds. The number of amides is 1. The first-order chi connectivity index (χ1) is 9.97. The van der Waals surface area contributed by atoms with E-state index in [0.29, 0.717) is 24.2 Å². The molecule has 0 bridgehead atoms. The Kier molecular flexibility index (Phi) is 4.83. The van der Waals surface area contributed by atoms with Crippen LogP contribution in [0.4, 0.5) is 5.69 Å². The second-order valence-electron chi connectivity index (χ2n) is 5.78. The van der Waals surface area contributed by atoms with Crippen molar-refractivity contribution in [1.29, 1.82) is 0 Å². The molecule has 5 nitrogen and oxygen atoms in total. The van der Waals surface area contributed by atoms with Gasteiger partial charge in [-0.25, -0.2) is 0 Å². The summed E-state index contributed by atoms with van der Waals surface area (Å²) in [4.78, 5) is 25.1. The lowest BCUT2D eigenvalue weighted by atomic mass is 9.93. The summed E-state index contributed by atoms with van der Waals surface area (Å²) in [7, 11) is 0. The van der Waals surface area contributed by atoms with Gasteiger partial charge >= 0.3 is 5.97 Å². The minimum Gasteiger partial charge on any atom is -0.481 e. The molecule has 1 aliphatic rings. The summed E-state index contributed by atoms with van der Waals surface area (Å²) in [5.74, 6) is -0.553. The number of rotatable bonds is 4. The van der Waals surface area contributed by atoms with Crippen molar-refractivity contribution in [2.24, 2.45) is 5.92 Å². The van der Waals surface area contributed by atoms with Crippen molar-refractivity contribution in [3.63, 3.8) is 0 Å². The second kappa shape index (κ2) is 6.61. The standard InChI is InChI=1S/C16H22N2O3/c1-11-4-6-14(17)13(9-11)16(21)18-8-2-3-12(10-18)5-7-15(19)20/h4,6,9,12H,2-3,5,7-8,10,17H2,1H3,(H,19,20). The summed E-state index contributed by atoms with van der Waals surface area (Å²) < 4.78 is 0. The van der Waals surface area contributed by atoms with E-state index in [-0.39, 0.29) is 18.2 Å². The van der Waals surface area contributed by atoms with Crippen LogP contribution in [0.15, 0.2) is 18.2 Å². The molecular formula is C16H22N2O3. The number of aliphatic carboxylic acids is 1. The Labute approximate surface area is 124 Å². The van der Waals surface area contributed by atoms with Gasteiger partial charge in [0, 0.05) is 25.2 Å². The SMILES string of the molecule is Cc1ccc(N)c(C(=O)N2CCCC(CCC(=O)O)C2)c1. The van der Waals surface area contributed by atoms with Crippen molar-refractivity contribution in [2.45, 2.75) is 32.6 Å². The average Bonchev–Trinajstić information content (AvgIpc) is 2.47. The lowest BCUT2D eigenvalue weighted by Crippen LogP contribution is -2.40. The first kappa shape index (κ1) is 15.4. The number of benzene rings is 1. The molecule has 114 valence electrons. The van der Waals surface area contributed by atoms with E-state index in [1.54, 1.807) is 11.0 Å². The number of aryl methyl sites for hydroxylation is 1. The Balaban J connectivity index is 2.05. The first-order valence-electron chi connectivity index (χ1n) is 7.34. The molecule has 2 rings (SSSR count). The molecule has 5 heteroatoms. The van der Waals surface area contributed by atoms with Gasteiger partial charge in [0.25, 0.3) is 5.91 Å². The van der Waals surface area contributed by atoms with Crippen LogP contribution in [0.5, 0.6) is 0 Å². The Hall–Kier alpha value is -2.04. The molecule has 1 aliphatic heterocycles. The summed E-state index contributed by atoms with van der Waals surface area (Å²) in [5.41, 5.74) is 7.96. The van der Waals surface area contributed by atoms with E-state index in [2.05, 4.69) is 0 Å². The van der Waals surface area contributed by atoms with Crippen LogP contribution in [0.3, 0.4) is 0 Å². The summed E-state index contributed by atoms with van der Waals surface area (Å²) in [6.45, 7) is 3.28. The molecule has 0 spiro atoms. The van der Waals surface area contributed by atoms with E-state index in [1.165, 1.54) is 0 Å². The normalized spacial score (nSPS) is 18.5. The quantitative estimate of drug-likeness (QED) is 0.833. The number of anilines is 1. The van der Waals surface area contributed by atoms with Crippen LogP contribution in [-0.4, -0.2) is 35.0 Å². The van der Waals surface area contributed by atoms with E-state index in [9.17, 15) is 9.59 Å². The van der Waals surface area contributed by atoms with Gasteiger partial charge in [0.1, 0.15) is 0 Å². The maximum absolute atomic E-state index is 12.6. The van der Waals surface area contributed by atoms with Gasteiger partial charge in [-0.2, -0.15) is 0 Å². The van der Waals surface area contributed by atoms with Crippen LogP contribution >= 0.6 is 0 Å². The molecule has 3 N–H and O–H groups in total. The number of hydrogen-bond donors (Lipinski definition) is 2. The zero-order valence-corrected chi connectivity index (χ0v) is 12.3. The fourth-order valence-corrected chi connectivity index (χ4v) is 2.84. The molecule has 1 atom stereocenters. The van der Waals surface area contributed by atoms with E-state index in [1.807, 2.05) is 19.1 Å². The van der Waals surface area contributed by atoms with Crippen molar-refractivity contribution in [2.75, 3.05) is 18.8 Å². The van der Waals surface area contributed by atoms with E-state index in [0.717, 1.165) is 24.9 Å². The number of nitrogens with zero attached hydrogens (tertiary/aromatic N) is 1. The fraction of sp³-hybridized carbons (Fsp3) is 0.500. The molecule has 1 unspecified atom stereocenters. The maximum atomic E-state index is 12.6. The number of carbonyl (C=O) groups excluding carboxylic acids is 1. The first-order valence-corrected chi connectivity index (χ1v) is 7.34. The van der Waals surface area contributed by atoms with Crippen LogP contribution in [0.2, 0.25) is 0 Å². The number of likely N-dealkylation sites (tertiary alicyclic amines) is 1. The molecule has 1 fully saturated rings. The third-order valence-corrected chi connectivity index (χ3v) is 4.01.